The highest BCUT2D eigenvalue weighted by molar-refractivity contribution is 7.90. The third-order valence-corrected chi connectivity index (χ3v) is 5.33. The smallest absolute Gasteiger partial charge is 0.283 e. The Labute approximate surface area is 131 Å². The molecule has 1 fully saturated rings. The molecule has 1 aliphatic rings. The maximum Gasteiger partial charge on any atom is 0.283 e. The first-order chi connectivity index (χ1) is 10.1. The van der Waals surface area contributed by atoms with Gasteiger partial charge in [0.05, 0.1) is 10.8 Å². The molecule has 0 heterocycles. The standard InChI is InChI=1S/C15H21N3O3S/c1-15(2)12(13(15)14(16)19)10-5-7-11(8-6-10)22(20,21)17-9-18(3)4/h5-9,12-13H,1-4H3,(H2,16,19)/t12-,13+/m1/s1. The lowest BCUT2D eigenvalue weighted by Gasteiger charge is -2.05. The van der Waals surface area contributed by atoms with Crippen molar-refractivity contribution in [2.75, 3.05) is 14.1 Å². The predicted octanol–water partition coefficient (Wildman–Crippen LogP) is 1.19. The van der Waals surface area contributed by atoms with Gasteiger partial charge in [0.1, 0.15) is 6.34 Å². The van der Waals surface area contributed by atoms with E-state index in [4.69, 9.17) is 5.73 Å². The van der Waals surface area contributed by atoms with E-state index in [9.17, 15) is 13.2 Å². The Morgan fingerprint density at radius 3 is 2.23 bits per heavy atom. The Morgan fingerprint density at radius 2 is 1.82 bits per heavy atom. The van der Waals surface area contributed by atoms with E-state index in [2.05, 4.69) is 4.40 Å². The fourth-order valence-corrected chi connectivity index (χ4v) is 3.77. The molecule has 120 valence electrons. The maximum atomic E-state index is 12.0. The van der Waals surface area contributed by atoms with Crippen LogP contribution in [0.2, 0.25) is 0 Å². The molecule has 1 amide bonds. The van der Waals surface area contributed by atoms with Gasteiger partial charge in [0.15, 0.2) is 0 Å². The Morgan fingerprint density at radius 1 is 1.27 bits per heavy atom. The molecule has 0 saturated heterocycles. The van der Waals surface area contributed by atoms with Crippen molar-refractivity contribution in [3.8, 4) is 0 Å². The SMILES string of the molecule is CN(C)C=NS(=O)(=O)c1ccc([C@@H]2[C@@H](C(N)=O)C2(C)C)cc1. The molecule has 1 aromatic carbocycles. The molecule has 22 heavy (non-hydrogen) atoms. The van der Waals surface area contributed by atoms with E-state index in [1.54, 1.807) is 31.1 Å². The first-order valence-corrected chi connectivity index (χ1v) is 8.37. The average molecular weight is 323 g/mol. The van der Waals surface area contributed by atoms with Gasteiger partial charge in [-0.2, -0.15) is 8.42 Å². The number of carbonyl (C=O) groups excluding carboxylic acids is 1. The largest absolute Gasteiger partial charge is 0.369 e. The van der Waals surface area contributed by atoms with Gasteiger partial charge in [0, 0.05) is 20.0 Å². The third kappa shape index (κ3) is 2.99. The van der Waals surface area contributed by atoms with Crippen molar-refractivity contribution in [1.82, 2.24) is 4.90 Å². The monoisotopic (exact) mass is 323 g/mol. The number of nitrogens with zero attached hydrogens (tertiary/aromatic N) is 2. The van der Waals surface area contributed by atoms with Crippen LogP contribution in [-0.2, 0) is 14.8 Å². The first-order valence-electron chi connectivity index (χ1n) is 6.93. The minimum Gasteiger partial charge on any atom is -0.369 e. The minimum atomic E-state index is -3.70. The van der Waals surface area contributed by atoms with Crippen LogP contribution < -0.4 is 5.73 Å². The number of carbonyl (C=O) groups is 1. The van der Waals surface area contributed by atoms with Gasteiger partial charge in [-0.05, 0) is 23.1 Å². The molecular weight excluding hydrogens is 302 g/mol. The Balaban J connectivity index is 2.24. The summed E-state index contributed by atoms with van der Waals surface area (Å²) in [6.45, 7) is 3.97. The maximum absolute atomic E-state index is 12.0. The van der Waals surface area contributed by atoms with Gasteiger partial charge in [0.2, 0.25) is 5.91 Å². The zero-order valence-corrected chi connectivity index (χ0v) is 14.0. The van der Waals surface area contributed by atoms with Crippen LogP contribution >= 0.6 is 0 Å². The summed E-state index contributed by atoms with van der Waals surface area (Å²) < 4.78 is 27.7. The summed E-state index contributed by atoms with van der Waals surface area (Å²) in [4.78, 5) is 13.1. The van der Waals surface area contributed by atoms with Crippen molar-refractivity contribution >= 4 is 22.3 Å². The number of nitrogens with two attached hydrogens (primary N) is 1. The fourth-order valence-electron chi connectivity index (χ4n) is 2.86. The third-order valence-electron chi connectivity index (χ3n) is 4.09. The predicted molar refractivity (Wildman–Crippen MR) is 85.0 cm³/mol. The van der Waals surface area contributed by atoms with E-state index >= 15 is 0 Å². The number of hydrogen-bond donors (Lipinski definition) is 1. The molecule has 2 N–H and O–H groups in total. The summed E-state index contributed by atoms with van der Waals surface area (Å²) in [6, 6.07) is 6.50. The second-order valence-electron chi connectivity index (χ2n) is 6.41. The number of amides is 1. The quantitative estimate of drug-likeness (QED) is 0.650. The number of hydrogen-bond acceptors (Lipinski definition) is 3. The van der Waals surface area contributed by atoms with Crippen molar-refractivity contribution in [3.05, 3.63) is 29.8 Å². The van der Waals surface area contributed by atoms with E-state index < -0.39 is 10.0 Å². The van der Waals surface area contributed by atoms with Crippen molar-refractivity contribution < 1.29 is 13.2 Å². The van der Waals surface area contributed by atoms with Crippen LogP contribution in [0.3, 0.4) is 0 Å². The summed E-state index contributed by atoms with van der Waals surface area (Å²) in [6.07, 6.45) is 1.25. The van der Waals surface area contributed by atoms with Gasteiger partial charge in [-0.1, -0.05) is 26.0 Å². The van der Waals surface area contributed by atoms with Crippen molar-refractivity contribution in [1.29, 1.82) is 0 Å². The molecule has 6 nitrogen and oxygen atoms in total. The van der Waals surface area contributed by atoms with Crippen LogP contribution in [0.15, 0.2) is 33.6 Å². The molecule has 0 aromatic heterocycles. The summed E-state index contributed by atoms with van der Waals surface area (Å²) in [7, 11) is -0.308. The fraction of sp³-hybridized carbons (Fsp3) is 0.467. The highest BCUT2D eigenvalue weighted by Gasteiger charge is 2.61. The second-order valence-corrected chi connectivity index (χ2v) is 8.04. The highest BCUT2D eigenvalue weighted by atomic mass is 32.2. The van der Waals surface area contributed by atoms with E-state index in [1.165, 1.54) is 18.5 Å². The van der Waals surface area contributed by atoms with Crippen LogP contribution in [0.5, 0.6) is 0 Å². The lowest BCUT2D eigenvalue weighted by Crippen LogP contribution is -2.16. The lowest BCUT2D eigenvalue weighted by atomic mass is 10.0. The van der Waals surface area contributed by atoms with Crippen LogP contribution in [0.1, 0.15) is 25.3 Å². The van der Waals surface area contributed by atoms with Gasteiger partial charge in [-0.3, -0.25) is 4.79 Å². The Kier molecular flexibility index (Phi) is 4.04. The van der Waals surface area contributed by atoms with E-state index in [1.807, 2.05) is 13.8 Å². The number of sulfonamides is 1. The lowest BCUT2D eigenvalue weighted by molar-refractivity contribution is -0.119. The van der Waals surface area contributed by atoms with Crippen molar-refractivity contribution in [2.45, 2.75) is 24.7 Å². The number of benzene rings is 1. The van der Waals surface area contributed by atoms with E-state index in [-0.39, 0.29) is 28.1 Å². The second kappa shape index (κ2) is 5.39. The van der Waals surface area contributed by atoms with Crippen LogP contribution in [0.4, 0.5) is 0 Å². The normalized spacial score (nSPS) is 23.5. The zero-order chi connectivity index (χ0) is 16.7. The Hall–Kier alpha value is -1.89. The van der Waals surface area contributed by atoms with Gasteiger partial charge in [-0.25, -0.2) is 0 Å². The van der Waals surface area contributed by atoms with Crippen LogP contribution in [-0.4, -0.2) is 39.7 Å². The Bertz CT molecular complexity index is 706. The first kappa shape index (κ1) is 16.5. The molecule has 0 spiro atoms. The number of rotatable bonds is 5. The summed E-state index contributed by atoms with van der Waals surface area (Å²) in [5, 5.41) is 0. The molecule has 2 rings (SSSR count). The number of primary amides is 1. The molecular formula is C15H21N3O3S. The average Bonchev–Trinajstić information content (AvgIpc) is 3.00. The van der Waals surface area contributed by atoms with Gasteiger partial charge in [-0.15, -0.1) is 4.40 Å². The summed E-state index contributed by atoms with van der Waals surface area (Å²) in [5.74, 6) is -0.490. The zero-order valence-electron chi connectivity index (χ0n) is 13.1. The highest BCUT2D eigenvalue weighted by Crippen LogP contribution is 2.64. The minimum absolute atomic E-state index is 0.0343. The van der Waals surface area contributed by atoms with Crippen molar-refractivity contribution in [2.24, 2.45) is 21.5 Å². The molecule has 0 radical (unpaired) electrons. The van der Waals surface area contributed by atoms with Gasteiger partial charge >= 0.3 is 0 Å². The summed E-state index contributed by atoms with van der Waals surface area (Å²) >= 11 is 0. The topological polar surface area (TPSA) is 92.8 Å². The molecule has 1 aliphatic carbocycles. The molecule has 0 aliphatic heterocycles. The van der Waals surface area contributed by atoms with Crippen LogP contribution in [0, 0.1) is 11.3 Å². The van der Waals surface area contributed by atoms with Crippen LogP contribution in [0.25, 0.3) is 0 Å². The summed E-state index contributed by atoms with van der Waals surface area (Å²) in [5.41, 5.74) is 6.14. The molecule has 2 atom stereocenters. The molecule has 7 heteroatoms. The van der Waals surface area contributed by atoms with Crippen molar-refractivity contribution in [3.63, 3.8) is 0 Å². The van der Waals surface area contributed by atoms with Gasteiger partial charge < -0.3 is 10.6 Å². The van der Waals surface area contributed by atoms with E-state index in [0.717, 1.165) is 5.56 Å². The van der Waals surface area contributed by atoms with E-state index in [0.29, 0.717) is 0 Å². The molecule has 1 aromatic rings. The van der Waals surface area contributed by atoms with Gasteiger partial charge in [0.25, 0.3) is 10.0 Å². The molecule has 0 unspecified atom stereocenters. The molecule has 0 bridgehead atoms. The molecule has 1 saturated carbocycles.